The molecule has 0 saturated carbocycles. The Labute approximate surface area is 509 Å². The molecule has 0 aromatic heterocycles. The second-order valence-corrected chi connectivity index (χ2v) is 25.7. The molecule has 7 atom stereocenters. The Kier molecular flexibility index (Phi) is 60.2. The molecule has 486 valence electrons. The second kappa shape index (κ2) is 62.7. The Hall–Kier alpha value is -1.33. The highest BCUT2D eigenvalue weighted by Crippen LogP contribution is 2.24. The first kappa shape index (κ1) is 78.7. The molecular formula is C73H141NO8. The highest BCUT2D eigenvalue weighted by molar-refractivity contribution is 5.76. The van der Waals surface area contributed by atoms with Crippen molar-refractivity contribution in [3.63, 3.8) is 0 Å². The fourth-order valence-corrected chi connectivity index (χ4v) is 12.1. The number of hydrogen-bond donors (Lipinski definition) is 6. The molecule has 0 radical (unpaired) electrons. The highest BCUT2D eigenvalue weighted by atomic mass is 16.7. The summed E-state index contributed by atoms with van der Waals surface area (Å²) < 4.78 is 11.4. The number of ether oxygens (including phenoxy) is 2. The molecule has 0 spiro atoms. The van der Waals surface area contributed by atoms with Gasteiger partial charge in [-0.2, -0.15) is 0 Å². The van der Waals surface area contributed by atoms with Crippen LogP contribution >= 0.6 is 0 Å². The molecule has 1 amide bonds. The maximum Gasteiger partial charge on any atom is 0.220 e. The van der Waals surface area contributed by atoms with Crippen molar-refractivity contribution in [2.75, 3.05) is 13.2 Å². The Morgan fingerprint density at radius 1 is 0.415 bits per heavy atom. The van der Waals surface area contributed by atoms with Gasteiger partial charge in [-0.1, -0.05) is 353 Å². The molecule has 1 aliphatic rings. The first-order valence-corrected chi connectivity index (χ1v) is 36.5. The van der Waals surface area contributed by atoms with Gasteiger partial charge in [0.1, 0.15) is 24.4 Å². The van der Waals surface area contributed by atoms with Crippen LogP contribution in [0.2, 0.25) is 0 Å². The molecule has 9 nitrogen and oxygen atoms in total. The van der Waals surface area contributed by atoms with E-state index in [2.05, 4.69) is 43.5 Å². The summed E-state index contributed by atoms with van der Waals surface area (Å²) in [5.74, 6) is -0.135. The first-order chi connectivity index (χ1) is 40.3. The molecule has 0 aliphatic carbocycles. The zero-order chi connectivity index (χ0) is 59.3. The van der Waals surface area contributed by atoms with Gasteiger partial charge in [-0.3, -0.25) is 4.79 Å². The van der Waals surface area contributed by atoms with Gasteiger partial charge in [-0.25, -0.2) is 0 Å². The molecule has 1 fully saturated rings. The Morgan fingerprint density at radius 3 is 1.05 bits per heavy atom. The van der Waals surface area contributed by atoms with Crippen molar-refractivity contribution in [1.82, 2.24) is 5.32 Å². The Bertz CT molecular complexity index is 1340. The van der Waals surface area contributed by atoms with Gasteiger partial charge in [0.05, 0.1) is 25.4 Å². The molecule has 6 N–H and O–H groups in total. The Balaban J connectivity index is 2.09. The molecule has 0 bridgehead atoms. The topological polar surface area (TPSA) is 149 Å². The number of hydrogen-bond acceptors (Lipinski definition) is 8. The van der Waals surface area contributed by atoms with E-state index in [1.165, 1.54) is 308 Å². The van der Waals surface area contributed by atoms with Crippen LogP contribution in [-0.2, 0) is 14.3 Å². The van der Waals surface area contributed by atoms with E-state index in [0.717, 1.165) is 44.9 Å². The number of aliphatic hydroxyl groups excluding tert-OH is 5. The monoisotopic (exact) mass is 1160 g/mol. The second-order valence-electron chi connectivity index (χ2n) is 25.7. The van der Waals surface area contributed by atoms with Gasteiger partial charge in [0.25, 0.3) is 0 Å². The summed E-state index contributed by atoms with van der Waals surface area (Å²) in [7, 11) is 0. The lowest BCUT2D eigenvalue weighted by Gasteiger charge is -2.40. The average molecular weight is 1160 g/mol. The van der Waals surface area contributed by atoms with Crippen LogP contribution in [0.5, 0.6) is 0 Å². The average Bonchev–Trinajstić information content (AvgIpc) is 3.52. The van der Waals surface area contributed by atoms with Crippen molar-refractivity contribution in [2.45, 2.75) is 423 Å². The van der Waals surface area contributed by atoms with Crippen molar-refractivity contribution in [3.8, 4) is 0 Å². The van der Waals surface area contributed by atoms with Crippen LogP contribution < -0.4 is 5.32 Å². The van der Waals surface area contributed by atoms with Gasteiger partial charge >= 0.3 is 0 Å². The molecule has 82 heavy (non-hydrogen) atoms. The normalized spacial score (nSPS) is 18.4. The SMILES string of the molecule is CCCCCCC/C=C\C/C=C\CCCCCCCCCCCCCCCCCCCCCC(=O)NC(COC1OC(CO)C(O)C(O)C1O)C(O)CCCCCCCCCCCCCCCCCCCCCCCCCCCCCC. The summed E-state index contributed by atoms with van der Waals surface area (Å²) in [4.78, 5) is 13.2. The summed E-state index contributed by atoms with van der Waals surface area (Å²) in [5.41, 5.74) is 0. The molecule has 7 unspecified atom stereocenters. The third-order valence-electron chi connectivity index (χ3n) is 17.8. The molecule has 9 heteroatoms. The summed E-state index contributed by atoms with van der Waals surface area (Å²) >= 11 is 0. The smallest absolute Gasteiger partial charge is 0.220 e. The number of allylic oxidation sites excluding steroid dienone is 4. The summed E-state index contributed by atoms with van der Waals surface area (Å²) in [6.45, 7) is 3.89. The zero-order valence-corrected chi connectivity index (χ0v) is 54.5. The molecule has 1 rings (SSSR count). The van der Waals surface area contributed by atoms with Crippen molar-refractivity contribution < 1.29 is 39.8 Å². The van der Waals surface area contributed by atoms with Gasteiger partial charge in [-0.05, 0) is 44.9 Å². The van der Waals surface area contributed by atoms with Gasteiger partial charge in [0, 0.05) is 6.42 Å². The number of carbonyl (C=O) groups excluding carboxylic acids is 1. The third kappa shape index (κ3) is 50.8. The van der Waals surface area contributed by atoms with E-state index in [4.69, 9.17) is 9.47 Å². The van der Waals surface area contributed by atoms with E-state index in [-0.39, 0.29) is 12.5 Å². The molecule has 1 aliphatic heterocycles. The maximum absolute atomic E-state index is 13.2. The minimum absolute atomic E-state index is 0.133. The van der Waals surface area contributed by atoms with Crippen molar-refractivity contribution in [2.24, 2.45) is 0 Å². The van der Waals surface area contributed by atoms with Crippen molar-refractivity contribution in [3.05, 3.63) is 24.3 Å². The van der Waals surface area contributed by atoms with Crippen LogP contribution in [0.25, 0.3) is 0 Å². The number of carbonyl (C=O) groups is 1. The predicted molar refractivity (Wildman–Crippen MR) is 350 cm³/mol. The van der Waals surface area contributed by atoms with Crippen LogP contribution in [0.3, 0.4) is 0 Å². The number of nitrogens with one attached hydrogen (secondary N) is 1. The van der Waals surface area contributed by atoms with Gasteiger partial charge < -0.3 is 40.3 Å². The molecule has 0 aromatic rings. The number of aliphatic hydroxyl groups is 5. The van der Waals surface area contributed by atoms with Crippen LogP contribution in [0.15, 0.2) is 24.3 Å². The van der Waals surface area contributed by atoms with E-state index in [0.29, 0.717) is 12.8 Å². The molecule has 1 heterocycles. The van der Waals surface area contributed by atoms with E-state index in [9.17, 15) is 30.3 Å². The summed E-state index contributed by atoms with van der Waals surface area (Å²) in [6, 6.07) is -0.718. The van der Waals surface area contributed by atoms with E-state index >= 15 is 0 Å². The lowest BCUT2D eigenvalue weighted by molar-refractivity contribution is -0.302. The summed E-state index contributed by atoms with van der Waals surface area (Å²) in [6.07, 6.45) is 75.4. The van der Waals surface area contributed by atoms with E-state index in [1.807, 2.05) is 0 Å². The van der Waals surface area contributed by atoms with Gasteiger partial charge in [0.2, 0.25) is 5.91 Å². The number of rotatable bonds is 65. The van der Waals surface area contributed by atoms with Crippen LogP contribution in [0.1, 0.15) is 380 Å². The van der Waals surface area contributed by atoms with Crippen molar-refractivity contribution in [1.29, 1.82) is 0 Å². The third-order valence-corrected chi connectivity index (χ3v) is 17.8. The molecule has 0 aromatic carbocycles. The van der Waals surface area contributed by atoms with E-state index < -0.39 is 49.5 Å². The zero-order valence-electron chi connectivity index (χ0n) is 54.5. The largest absolute Gasteiger partial charge is 0.394 e. The number of amides is 1. The maximum atomic E-state index is 13.2. The fourth-order valence-electron chi connectivity index (χ4n) is 12.1. The van der Waals surface area contributed by atoms with Crippen LogP contribution in [0, 0.1) is 0 Å². The predicted octanol–water partition coefficient (Wildman–Crippen LogP) is 20.0. The number of unbranched alkanes of at least 4 members (excludes halogenated alkanes) is 51. The molecule has 1 saturated heterocycles. The fraction of sp³-hybridized carbons (Fsp3) is 0.932. The molecular weight excluding hydrogens is 1020 g/mol. The van der Waals surface area contributed by atoms with Gasteiger partial charge in [0.15, 0.2) is 6.29 Å². The minimum Gasteiger partial charge on any atom is -0.394 e. The minimum atomic E-state index is -1.55. The quantitative estimate of drug-likeness (QED) is 0.0261. The lowest BCUT2D eigenvalue weighted by atomic mass is 9.99. The van der Waals surface area contributed by atoms with Crippen LogP contribution in [-0.4, -0.2) is 87.5 Å². The highest BCUT2D eigenvalue weighted by Gasteiger charge is 2.44. The standard InChI is InChI=1S/C73H141NO8/c1-3-5-7-9-11-13-15-17-19-21-23-25-27-29-31-33-34-35-37-39-41-43-45-47-49-51-53-55-57-59-61-63-69(77)74-66(65-81-73-72(80)71(79)70(78)68(64-75)82-73)67(76)62-60-58-56-54-52-50-48-46-44-42-40-38-36-32-30-28-26-24-22-20-18-16-14-12-10-8-6-4-2/h15,17,21,23,66-68,70-73,75-76,78-80H,3-14,16,18-20,22,24-65H2,1-2H3,(H,74,77)/b17-15-,23-21-. The van der Waals surface area contributed by atoms with E-state index in [1.54, 1.807) is 0 Å². The summed E-state index contributed by atoms with van der Waals surface area (Å²) in [5, 5.41) is 55.0. The van der Waals surface area contributed by atoms with Gasteiger partial charge in [-0.15, -0.1) is 0 Å². The lowest BCUT2D eigenvalue weighted by Crippen LogP contribution is -2.60. The van der Waals surface area contributed by atoms with Crippen LogP contribution in [0.4, 0.5) is 0 Å². The first-order valence-electron chi connectivity index (χ1n) is 36.5. The Morgan fingerprint density at radius 2 is 0.720 bits per heavy atom. The van der Waals surface area contributed by atoms with Crippen molar-refractivity contribution >= 4 is 5.91 Å².